The fourth-order valence-corrected chi connectivity index (χ4v) is 9.99. The standard InChI is InChI=1S/C47H55FN4O20S/c1-3-47(61)29-20-32-36-27(22-52(32)43(57)28(29)23-68-46(47)60)25-5-4-6-26-35(25)31(50-36)21-30(48)40(26)72-73(62,63)71-34-19-24(7-8-33(34)69-45-39(55)37(53)38(54)41(70-45)44(58)59)42(56)51(10-13-64-2)11-14-66-16-18-67-17-15-65-12-9-49/h7-8,19-21,37-39,41,45,53-55,61H,3-6,9-18,22-23,49H2,1-2H3,(H,58,59)/t37-,38-,39+,41-,45?,47-/m0/s1. The topological polar surface area (TPSA) is 334 Å². The SMILES string of the molecule is CC[C@@]1(O)C(=O)OCc2c1cc1n(c2=O)Cc2c-1nc1cc(F)c(OS(=O)(=O)Oc3cc(C(=O)N(CCOC)CCOCCOCCOCCN)ccc3OC3O[C@H](C(=O)O)[C@@H](O)[C@H](O)[C@H]3O)c3c1c2CCC3. The Balaban J connectivity index is 1.09. The first-order chi connectivity index (χ1) is 34.9. The highest BCUT2D eigenvalue weighted by Gasteiger charge is 2.49. The van der Waals surface area contributed by atoms with E-state index >= 15 is 4.39 Å². The number of nitrogens with zero attached hydrogens (tertiary/aromatic N) is 3. The summed E-state index contributed by atoms with van der Waals surface area (Å²) in [4.78, 5) is 58.7. The minimum atomic E-state index is -5.44. The number of cyclic esters (lactones) is 1. The molecule has 4 aliphatic rings. The number of amides is 1. The van der Waals surface area contributed by atoms with E-state index in [2.05, 4.69) is 0 Å². The minimum absolute atomic E-state index is 0.0136. The fourth-order valence-electron chi connectivity index (χ4n) is 9.22. The molecule has 1 fully saturated rings. The number of ether oxygens (including phenoxy) is 7. The first kappa shape index (κ1) is 53.4. The van der Waals surface area contributed by atoms with Crippen LogP contribution in [0.3, 0.4) is 0 Å². The van der Waals surface area contributed by atoms with Crippen LogP contribution in [0.15, 0.2) is 35.1 Å². The summed E-state index contributed by atoms with van der Waals surface area (Å²) in [6.07, 6.45) is -9.72. The molecule has 8 rings (SSSR count). The molecule has 0 bridgehead atoms. The van der Waals surface area contributed by atoms with Crippen molar-refractivity contribution in [2.45, 2.75) is 82.1 Å². The Morgan fingerprint density at radius 2 is 1.60 bits per heavy atom. The lowest BCUT2D eigenvalue weighted by Crippen LogP contribution is -2.61. The number of fused-ring (bicyclic) bond motifs is 5. The molecule has 5 heterocycles. The molecule has 2 aromatic heterocycles. The van der Waals surface area contributed by atoms with Gasteiger partial charge in [0, 0.05) is 60.5 Å². The predicted octanol–water partition coefficient (Wildman–Crippen LogP) is -0.222. The van der Waals surface area contributed by atoms with Crippen molar-refractivity contribution in [1.29, 1.82) is 0 Å². The Bertz CT molecular complexity index is 2940. The van der Waals surface area contributed by atoms with Gasteiger partial charge in [-0.3, -0.25) is 9.59 Å². The lowest BCUT2D eigenvalue weighted by molar-refractivity contribution is -0.271. The molecule has 396 valence electrons. The number of aliphatic hydroxyl groups excluding tert-OH is 3. The molecule has 0 spiro atoms. The number of pyridine rings is 2. The number of aryl methyl sites for hydroxylation is 2. The summed E-state index contributed by atoms with van der Waals surface area (Å²) >= 11 is 0. The van der Waals surface area contributed by atoms with Crippen LogP contribution in [0, 0.1) is 5.82 Å². The van der Waals surface area contributed by atoms with Crippen molar-refractivity contribution < 1.29 is 94.2 Å². The second-order valence-corrected chi connectivity index (χ2v) is 18.6. The molecule has 4 aromatic rings. The molecular formula is C47H55FN4O20S. The molecule has 0 radical (unpaired) electrons. The molecule has 24 nitrogen and oxygen atoms in total. The zero-order valence-electron chi connectivity index (χ0n) is 39.7. The number of nitrogens with two attached hydrogens (primary N) is 1. The number of carboxylic acids is 1. The van der Waals surface area contributed by atoms with Gasteiger partial charge in [0.15, 0.2) is 34.8 Å². The second kappa shape index (κ2) is 22.3. The molecule has 1 unspecified atom stereocenters. The molecule has 7 N–H and O–H groups in total. The van der Waals surface area contributed by atoms with Gasteiger partial charge in [-0.15, -0.1) is 8.42 Å². The third-order valence-corrected chi connectivity index (χ3v) is 13.7. The molecule has 6 atom stereocenters. The smallest absolute Gasteiger partial charge is 0.479 e. The van der Waals surface area contributed by atoms with Crippen LogP contribution < -0.4 is 24.4 Å². The summed E-state index contributed by atoms with van der Waals surface area (Å²) in [5, 5.41) is 52.8. The lowest BCUT2D eigenvalue weighted by Gasteiger charge is -2.38. The number of rotatable bonds is 23. The lowest BCUT2D eigenvalue weighted by atomic mass is 9.85. The third kappa shape index (κ3) is 10.7. The first-order valence-electron chi connectivity index (χ1n) is 23.3. The summed E-state index contributed by atoms with van der Waals surface area (Å²) < 4.78 is 94.6. The normalized spacial score (nSPS) is 22.0. The van der Waals surface area contributed by atoms with Crippen LogP contribution in [-0.2, 0) is 80.0 Å². The molecule has 3 aliphatic heterocycles. The van der Waals surface area contributed by atoms with Gasteiger partial charge in [-0.05, 0) is 55.5 Å². The summed E-state index contributed by atoms with van der Waals surface area (Å²) in [5.74, 6) is -6.65. The Hall–Kier alpha value is -5.91. The number of carbonyl (C=O) groups excluding carboxylic acids is 2. The van der Waals surface area contributed by atoms with Crippen molar-refractivity contribution in [3.63, 3.8) is 0 Å². The zero-order chi connectivity index (χ0) is 52.4. The quantitative estimate of drug-likeness (QED) is 0.0364. The Labute approximate surface area is 416 Å². The van der Waals surface area contributed by atoms with Gasteiger partial charge in [0.25, 0.3) is 11.5 Å². The second-order valence-electron chi connectivity index (χ2n) is 17.4. The number of aromatic nitrogens is 2. The van der Waals surface area contributed by atoms with E-state index < -0.39 is 93.2 Å². The predicted molar refractivity (Wildman–Crippen MR) is 247 cm³/mol. The van der Waals surface area contributed by atoms with Gasteiger partial charge in [-0.25, -0.2) is 19.0 Å². The van der Waals surface area contributed by atoms with Crippen molar-refractivity contribution in [2.24, 2.45) is 5.73 Å². The van der Waals surface area contributed by atoms with Gasteiger partial charge in [0.2, 0.25) is 6.29 Å². The number of hydrogen-bond donors (Lipinski definition) is 6. The van der Waals surface area contributed by atoms with E-state index in [-0.39, 0.29) is 99.0 Å². The van der Waals surface area contributed by atoms with Crippen LogP contribution in [-0.4, -0.2) is 170 Å². The summed E-state index contributed by atoms with van der Waals surface area (Å²) in [6, 6.07) is 5.63. The van der Waals surface area contributed by atoms with Crippen molar-refractivity contribution in [3.05, 3.63) is 79.9 Å². The summed E-state index contributed by atoms with van der Waals surface area (Å²) in [7, 11) is -4.03. The number of carbonyl (C=O) groups is 3. The molecule has 1 saturated heterocycles. The largest absolute Gasteiger partial charge is 0.501 e. The maximum atomic E-state index is 16.5. The van der Waals surface area contributed by atoms with Gasteiger partial charge in [-0.1, -0.05) is 6.92 Å². The molecule has 26 heteroatoms. The van der Waals surface area contributed by atoms with Crippen LogP contribution in [0.1, 0.15) is 57.9 Å². The highest BCUT2D eigenvalue weighted by molar-refractivity contribution is 7.82. The van der Waals surface area contributed by atoms with E-state index in [0.29, 0.717) is 61.4 Å². The first-order valence-corrected chi connectivity index (χ1v) is 24.7. The van der Waals surface area contributed by atoms with Crippen LogP contribution in [0.25, 0.3) is 22.3 Å². The van der Waals surface area contributed by atoms with Gasteiger partial charge >= 0.3 is 22.3 Å². The Kier molecular flexibility index (Phi) is 16.3. The summed E-state index contributed by atoms with van der Waals surface area (Å²) in [5.41, 5.74) is 4.79. The molecule has 2 aromatic carbocycles. The average Bonchev–Trinajstić information content (AvgIpc) is 3.74. The number of esters is 1. The fraction of sp³-hybridized carbons (Fsp3) is 0.511. The van der Waals surface area contributed by atoms with Crippen molar-refractivity contribution in [1.82, 2.24) is 14.5 Å². The zero-order valence-corrected chi connectivity index (χ0v) is 40.5. The number of hydrogen-bond acceptors (Lipinski definition) is 21. The van der Waals surface area contributed by atoms with E-state index in [0.717, 1.165) is 18.2 Å². The maximum Gasteiger partial charge on any atom is 0.501 e. The minimum Gasteiger partial charge on any atom is -0.479 e. The molecule has 0 saturated carbocycles. The molecule has 73 heavy (non-hydrogen) atoms. The highest BCUT2D eigenvalue weighted by Crippen LogP contribution is 2.45. The number of halogens is 1. The van der Waals surface area contributed by atoms with Crippen LogP contribution in [0.5, 0.6) is 17.2 Å². The molecule has 1 amide bonds. The van der Waals surface area contributed by atoms with Crippen molar-refractivity contribution >= 4 is 39.1 Å². The van der Waals surface area contributed by atoms with E-state index in [1.165, 1.54) is 28.7 Å². The number of methoxy groups -OCH3 is 1. The van der Waals surface area contributed by atoms with Gasteiger partial charge in [0.1, 0.15) is 24.9 Å². The summed E-state index contributed by atoms with van der Waals surface area (Å²) in [6.45, 7) is 3.26. The number of aliphatic carboxylic acids is 1. The monoisotopic (exact) mass is 1050 g/mol. The Morgan fingerprint density at radius 3 is 2.30 bits per heavy atom. The van der Waals surface area contributed by atoms with Gasteiger partial charge in [-0.2, -0.15) is 0 Å². The Morgan fingerprint density at radius 1 is 0.904 bits per heavy atom. The maximum absolute atomic E-state index is 16.5. The van der Waals surface area contributed by atoms with Crippen molar-refractivity contribution in [3.8, 4) is 28.6 Å². The average molecular weight is 1050 g/mol. The van der Waals surface area contributed by atoms with E-state index in [1.54, 1.807) is 6.92 Å². The van der Waals surface area contributed by atoms with E-state index in [9.17, 15) is 53.1 Å². The van der Waals surface area contributed by atoms with E-state index in [1.807, 2.05) is 0 Å². The van der Waals surface area contributed by atoms with Gasteiger partial charge in [0.05, 0.1) is 75.3 Å². The number of benzene rings is 2. The van der Waals surface area contributed by atoms with Crippen LogP contribution in [0.4, 0.5) is 4.39 Å². The van der Waals surface area contributed by atoms with Crippen LogP contribution >= 0.6 is 0 Å². The number of carboxylic acid groups (broad SMARTS) is 1. The number of aliphatic hydroxyl groups is 4. The van der Waals surface area contributed by atoms with Crippen molar-refractivity contribution in [2.75, 3.05) is 73.0 Å². The molecular weight excluding hydrogens is 992 g/mol. The van der Waals surface area contributed by atoms with Crippen LogP contribution in [0.2, 0.25) is 0 Å². The third-order valence-electron chi connectivity index (χ3n) is 12.9. The van der Waals surface area contributed by atoms with E-state index in [4.69, 9.17) is 52.2 Å². The van der Waals surface area contributed by atoms with Gasteiger partial charge < -0.3 is 82.3 Å². The molecule has 1 aliphatic carbocycles. The highest BCUT2D eigenvalue weighted by atomic mass is 32.3.